The summed E-state index contributed by atoms with van der Waals surface area (Å²) in [5.74, 6) is 0.729. The van der Waals surface area contributed by atoms with Gasteiger partial charge in [-0.25, -0.2) is 0 Å². The zero-order chi connectivity index (χ0) is 15.0. The largest absolute Gasteiger partial charge is 0.463 e. The van der Waals surface area contributed by atoms with E-state index in [1.165, 1.54) is 0 Å². The van der Waals surface area contributed by atoms with Crippen molar-refractivity contribution < 1.29 is 9.53 Å². The molecule has 0 spiro atoms. The molecule has 0 aliphatic heterocycles. The van der Waals surface area contributed by atoms with E-state index < -0.39 is 0 Å². The number of ether oxygens (including phenoxy) is 1. The van der Waals surface area contributed by atoms with Crippen LogP contribution in [0.25, 0.3) is 0 Å². The van der Waals surface area contributed by atoms with Gasteiger partial charge in [0.05, 0.1) is 13.2 Å². The Morgan fingerprint density at radius 3 is 2.55 bits per heavy atom. The average Bonchev–Trinajstić information content (AvgIpc) is 2.49. The molecule has 0 saturated carbocycles. The predicted octanol–water partition coefficient (Wildman–Crippen LogP) is 0.274. The molecule has 8 heteroatoms. The number of carbonyl (C=O) groups excluding carboxylic acids is 1. The first-order chi connectivity index (χ1) is 9.64. The van der Waals surface area contributed by atoms with Crippen molar-refractivity contribution in [2.75, 3.05) is 44.0 Å². The van der Waals surface area contributed by atoms with Crippen LogP contribution in [0, 0.1) is 0 Å². The van der Waals surface area contributed by atoms with Crippen LogP contribution >= 0.6 is 0 Å². The van der Waals surface area contributed by atoms with Gasteiger partial charge in [0.15, 0.2) is 0 Å². The number of rotatable bonds is 8. The number of carbonyl (C=O) groups is 1. The number of nitrogens with zero attached hydrogens (tertiary/aromatic N) is 4. The van der Waals surface area contributed by atoms with Gasteiger partial charge in [0.2, 0.25) is 17.8 Å². The van der Waals surface area contributed by atoms with Gasteiger partial charge in [-0.2, -0.15) is 15.0 Å². The minimum Gasteiger partial charge on any atom is -0.463 e. The van der Waals surface area contributed by atoms with Crippen LogP contribution < -0.4 is 20.3 Å². The lowest BCUT2D eigenvalue weighted by Gasteiger charge is -2.20. The van der Waals surface area contributed by atoms with Crippen LogP contribution in [0.2, 0.25) is 0 Å². The summed E-state index contributed by atoms with van der Waals surface area (Å²) in [4.78, 5) is 25.9. The van der Waals surface area contributed by atoms with Gasteiger partial charge in [-0.3, -0.25) is 4.79 Å². The van der Waals surface area contributed by atoms with Gasteiger partial charge in [-0.15, -0.1) is 0 Å². The van der Waals surface area contributed by atoms with Crippen molar-refractivity contribution >= 4 is 17.8 Å². The van der Waals surface area contributed by atoms with E-state index in [0.717, 1.165) is 6.42 Å². The first-order valence-electron chi connectivity index (χ1n) is 6.66. The molecule has 1 amide bonds. The lowest BCUT2D eigenvalue weighted by Crippen LogP contribution is -2.36. The van der Waals surface area contributed by atoms with Crippen molar-refractivity contribution in [2.45, 2.75) is 20.3 Å². The normalized spacial score (nSPS) is 10.0. The second kappa shape index (κ2) is 8.13. The van der Waals surface area contributed by atoms with Crippen molar-refractivity contribution in [2.24, 2.45) is 0 Å². The van der Waals surface area contributed by atoms with E-state index in [1.807, 2.05) is 13.8 Å². The van der Waals surface area contributed by atoms with Crippen LogP contribution in [0.4, 0.5) is 11.9 Å². The number of hydrogen-bond donors (Lipinski definition) is 2. The molecule has 0 saturated heterocycles. The second-order valence-corrected chi connectivity index (χ2v) is 4.03. The van der Waals surface area contributed by atoms with E-state index in [2.05, 4.69) is 25.6 Å². The molecule has 8 nitrogen and oxygen atoms in total. The second-order valence-electron chi connectivity index (χ2n) is 4.03. The fourth-order valence-electron chi connectivity index (χ4n) is 1.43. The highest BCUT2D eigenvalue weighted by Crippen LogP contribution is 2.14. The van der Waals surface area contributed by atoms with E-state index in [9.17, 15) is 4.79 Å². The summed E-state index contributed by atoms with van der Waals surface area (Å²) < 4.78 is 5.43. The molecule has 20 heavy (non-hydrogen) atoms. The number of hydrogen-bond acceptors (Lipinski definition) is 7. The fourth-order valence-corrected chi connectivity index (χ4v) is 1.43. The van der Waals surface area contributed by atoms with E-state index in [4.69, 9.17) is 4.74 Å². The maximum absolute atomic E-state index is 11.5. The first kappa shape index (κ1) is 15.9. The average molecular weight is 282 g/mol. The summed E-state index contributed by atoms with van der Waals surface area (Å²) in [7, 11) is 3.32. The number of amides is 1. The fraction of sp³-hybridized carbons (Fsp3) is 0.667. The minimum absolute atomic E-state index is 0.103. The third-order valence-electron chi connectivity index (χ3n) is 2.54. The molecule has 0 atom stereocenters. The Kier molecular flexibility index (Phi) is 6.48. The molecule has 112 valence electrons. The zero-order valence-electron chi connectivity index (χ0n) is 12.4. The Morgan fingerprint density at radius 2 is 2.00 bits per heavy atom. The maximum atomic E-state index is 11.5. The quantitative estimate of drug-likeness (QED) is 0.707. The molecule has 2 N–H and O–H groups in total. The summed E-state index contributed by atoms with van der Waals surface area (Å²) >= 11 is 0. The summed E-state index contributed by atoms with van der Waals surface area (Å²) in [5.41, 5.74) is 0. The van der Waals surface area contributed by atoms with Gasteiger partial charge in [0.1, 0.15) is 0 Å². The Hall–Kier alpha value is -2.12. The lowest BCUT2D eigenvalue weighted by atomic mass is 10.5. The van der Waals surface area contributed by atoms with E-state index >= 15 is 0 Å². The number of anilines is 2. The van der Waals surface area contributed by atoms with Crippen molar-refractivity contribution in [3.63, 3.8) is 0 Å². The van der Waals surface area contributed by atoms with Crippen molar-refractivity contribution in [1.29, 1.82) is 0 Å². The van der Waals surface area contributed by atoms with Gasteiger partial charge in [-0.1, -0.05) is 6.92 Å². The first-order valence-corrected chi connectivity index (χ1v) is 6.66. The molecule has 0 unspecified atom stereocenters. The Balaban J connectivity index is 2.97. The van der Waals surface area contributed by atoms with Gasteiger partial charge in [0, 0.05) is 20.6 Å². The smallest absolute Gasteiger partial charge is 0.323 e. The molecule has 0 aromatic carbocycles. The Morgan fingerprint density at radius 1 is 1.25 bits per heavy atom. The SMILES string of the molecule is CCCOc1nc(NC)nc(N(CC)CC(=O)NC)n1. The molecule has 0 bridgehead atoms. The molecule has 0 aliphatic carbocycles. The molecule has 0 aliphatic rings. The summed E-state index contributed by atoms with van der Waals surface area (Å²) in [6.45, 7) is 5.26. The minimum atomic E-state index is -0.103. The van der Waals surface area contributed by atoms with Crippen LogP contribution in [0.15, 0.2) is 0 Å². The predicted molar refractivity (Wildman–Crippen MR) is 77.1 cm³/mol. The topological polar surface area (TPSA) is 92.3 Å². The Bertz CT molecular complexity index is 440. The number of likely N-dealkylation sites (N-methyl/N-ethyl adjacent to an activating group) is 2. The van der Waals surface area contributed by atoms with Gasteiger partial charge in [-0.05, 0) is 13.3 Å². The van der Waals surface area contributed by atoms with Crippen molar-refractivity contribution in [3.05, 3.63) is 0 Å². The molecule has 1 rings (SSSR count). The van der Waals surface area contributed by atoms with Gasteiger partial charge in [0.25, 0.3) is 0 Å². The molecule has 0 fully saturated rings. The van der Waals surface area contributed by atoms with Crippen molar-refractivity contribution in [1.82, 2.24) is 20.3 Å². The van der Waals surface area contributed by atoms with Gasteiger partial charge < -0.3 is 20.3 Å². The molecule has 0 radical (unpaired) electrons. The standard InChI is InChI=1S/C12H22N6O2/c1-5-7-20-12-16-10(14-4)15-11(17-12)18(6-2)8-9(19)13-3/h5-8H2,1-4H3,(H,13,19)(H,14,15,16,17). The van der Waals surface area contributed by atoms with Crippen LogP contribution in [0.3, 0.4) is 0 Å². The Labute approximate surface area is 119 Å². The van der Waals surface area contributed by atoms with Crippen LogP contribution in [0.5, 0.6) is 6.01 Å². The number of aromatic nitrogens is 3. The molecule has 1 aromatic rings. The van der Waals surface area contributed by atoms with Crippen LogP contribution in [0.1, 0.15) is 20.3 Å². The van der Waals surface area contributed by atoms with Crippen molar-refractivity contribution in [3.8, 4) is 6.01 Å². The summed E-state index contributed by atoms with van der Waals surface area (Å²) in [6, 6.07) is 0.261. The lowest BCUT2D eigenvalue weighted by molar-refractivity contribution is -0.119. The highest BCUT2D eigenvalue weighted by atomic mass is 16.5. The van der Waals surface area contributed by atoms with E-state index in [-0.39, 0.29) is 18.5 Å². The number of nitrogens with one attached hydrogen (secondary N) is 2. The maximum Gasteiger partial charge on any atom is 0.323 e. The molecular weight excluding hydrogens is 260 g/mol. The zero-order valence-corrected chi connectivity index (χ0v) is 12.4. The third kappa shape index (κ3) is 4.52. The molecule has 1 aromatic heterocycles. The highest BCUT2D eigenvalue weighted by Gasteiger charge is 2.15. The van der Waals surface area contributed by atoms with E-state index in [0.29, 0.717) is 25.0 Å². The summed E-state index contributed by atoms with van der Waals surface area (Å²) in [6.07, 6.45) is 0.867. The van der Waals surface area contributed by atoms with E-state index in [1.54, 1.807) is 19.0 Å². The van der Waals surface area contributed by atoms with Crippen LogP contribution in [-0.2, 0) is 4.79 Å². The molecular formula is C12H22N6O2. The summed E-state index contributed by atoms with van der Waals surface area (Å²) in [5, 5.41) is 5.44. The molecule has 1 heterocycles. The highest BCUT2D eigenvalue weighted by molar-refractivity contribution is 5.80. The van der Waals surface area contributed by atoms with Gasteiger partial charge >= 0.3 is 6.01 Å². The third-order valence-corrected chi connectivity index (χ3v) is 2.54. The monoisotopic (exact) mass is 282 g/mol. The van der Waals surface area contributed by atoms with Crippen LogP contribution in [-0.4, -0.2) is 54.7 Å².